The summed E-state index contributed by atoms with van der Waals surface area (Å²) in [5.74, 6) is -0.0942. The molecule has 3 N–H and O–H groups in total. The van der Waals surface area contributed by atoms with Crippen molar-refractivity contribution in [2.24, 2.45) is 0 Å². The number of amides is 1. The van der Waals surface area contributed by atoms with Crippen LogP contribution < -0.4 is 5.32 Å². The Kier molecular flexibility index (Phi) is 58.4. The van der Waals surface area contributed by atoms with Crippen molar-refractivity contribution in [3.05, 3.63) is 146 Å². The summed E-state index contributed by atoms with van der Waals surface area (Å²) in [6.45, 7) is 4.18. The van der Waals surface area contributed by atoms with Gasteiger partial charge in [0.15, 0.2) is 0 Å². The molecule has 0 aromatic heterocycles. The Labute approximate surface area is 446 Å². The molecule has 0 aromatic carbocycles. The van der Waals surface area contributed by atoms with Crippen molar-refractivity contribution < 1.29 is 15.0 Å². The second-order valence-corrected chi connectivity index (χ2v) is 19.7. The predicted molar refractivity (Wildman–Crippen MR) is 321 cm³/mol. The first-order chi connectivity index (χ1) is 35.7. The number of unbranched alkanes of at least 4 members (excludes halogenated alkanes) is 24. The van der Waals surface area contributed by atoms with Crippen LogP contribution in [0.5, 0.6) is 0 Å². The van der Waals surface area contributed by atoms with Gasteiger partial charge in [0.1, 0.15) is 0 Å². The number of aliphatic hydroxyl groups is 2. The van der Waals surface area contributed by atoms with Gasteiger partial charge in [-0.2, -0.15) is 0 Å². The zero-order chi connectivity index (χ0) is 52.0. The largest absolute Gasteiger partial charge is 0.394 e. The second-order valence-electron chi connectivity index (χ2n) is 19.7. The average molecular weight is 993 g/mol. The standard InChI is InChI=1S/C68H113NO3/c1-3-5-7-9-11-13-15-17-19-21-23-25-27-29-30-31-32-33-34-35-36-37-38-40-42-44-46-48-50-52-54-56-58-60-62-64-68(72)69-66(65-70)67(71)63-61-59-57-55-53-51-49-47-45-43-41-39-28-26-24-22-20-18-16-14-12-10-8-6-4-2/h5,7,11,13,17,19,23,25,29-30,32-33,35-36,38,40,44-47,53,55,61,63,66-67,70-71H,3-4,6,8-10,12,14-16,18,20-22,24,26-28,31,34,37,39,41-43,48-52,54,56-60,62,64-65H2,1-2H3,(H,69,72)/b7-5-,13-11-,19-17-,25-23-,30-29-,33-32-,36-35-,40-38-,46-44-,47-45+,55-53+,63-61+. The molecule has 2 atom stereocenters. The number of nitrogens with one attached hydrogen (secondary N) is 1. The molecule has 0 aliphatic carbocycles. The maximum Gasteiger partial charge on any atom is 0.220 e. The molecule has 1 amide bonds. The Balaban J connectivity index is 3.68. The summed E-state index contributed by atoms with van der Waals surface area (Å²) in [4.78, 5) is 12.5. The van der Waals surface area contributed by atoms with Gasteiger partial charge < -0.3 is 15.5 Å². The topological polar surface area (TPSA) is 69.6 Å². The van der Waals surface area contributed by atoms with Crippen LogP contribution in [0.2, 0.25) is 0 Å². The lowest BCUT2D eigenvalue weighted by atomic mass is 10.0. The van der Waals surface area contributed by atoms with Crippen molar-refractivity contribution in [2.45, 2.75) is 270 Å². The first-order valence-electron chi connectivity index (χ1n) is 30.0. The lowest BCUT2D eigenvalue weighted by molar-refractivity contribution is -0.123. The third-order valence-electron chi connectivity index (χ3n) is 12.8. The minimum Gasteiger partial charge on any atom is -0.394 e. The molecule has 0 aliphatic heterocycles. The van der Waals surface area contributed by atoms with Crippen LogP contribution in [0.3, 0.4) is 0 Å². The van der Waals surface area contributed by atoms with Gasteiger partial charge in [-0.1, -0.05) is 282 Å². The number of carbonyl (C=O) groups excluding carboxylic acids is 1. The molecule has 0 aliphatic rings. The summed E-state index contributed by atoms with van der Waals surface area (Å²) in [7, 11) is 0. The number of hydrogen-bond donors (Lipinski definition) is 3. The Bertz CT molecular complexity index is 1500. The molecule has 408 valence electrons. The molecule has 0 saturated carbocycles. The SMILES string of the molecule is CC/C=C\C/C=C\C/C=C\C/C=C\C/C=C\C/C=C\C/C=C\C/C=C\C/C=C\CCCCCCCCCC(=O)NC(CO)C(O)/C=C/CC/C=C/CC/C=C/CCCCCCCCCCCCCCCCC. The van der Waals surface area contributed by atoms with Gasteiger partial charge in [0.05, 0.1) is 18.8 Å². The Morgan fingerprint density at radius 2 is 0.625 bits per heavy atom. The van der Waals surface area contributed by atoms with Crippen molar-refractivity contribution in [3.8, 4) is 0 Å². The minimum absolute atomic E-state index is 0.0942. The van der Waals surface area contributed by atoms with Crippen molar-refractivity contribution in [2.75, 3.05) is 6.61 Å². The zero-order valence-corrected chi connectivity index (χ0v) is 46.9. The maximum absolute atomic E-state index is 12.5. The van der Waals surface area contributed by atoms with Crippen LogP contribution in [0.25, 0.3) is 0 Å². The highest BCUT2D eigenvalue weighted by Crippen LogP contribution is 2.15. The number of allylic oxidation sites excluding steroid dienone is 23. The normalized spacial score (nSPS) is 13.9. The van der Waals surface area contributed by atoms with Gasteiger partial charge >= 0.3 is 0 Å². The smallest absolute Gasteiger partial charge is 0.220 e. The van der Waals surface area contributed by atoms with E-state index in [0.29, 0.717) is 6.42 Å². The van der Waals surface area contributed by atoms with E-state index in [1.165, 1.54) is 128 Å². The zero-order valence-electron chi connectivity index (χ0n) is 46.9. The molecule has 72 heavy (non-hydrogen) atoms. The molecular weight excluding hydrogens is 879 g/mol. The van der Waals surface area contributed by atoms with E-state index < -0.39 is 12.1 Å². The highest BCUT2D eigenvalue weighted by atomic mass is 16.3. The van der Waals surface area contributed by atoms with Gasteiger partial charge in [-0.25, -0.2) is 0 Å². The number of carbonyl (C=O) groups is 1. The van der Waals surface area contributed by atoms with Gasteiger partial charge in [0, 0.05) is 6.42 Å². The third-order valence-corrected chi connectivity index (χ3v) is 12.8. The van der Waals surface area contributed by atoms with Crippen LogP contribution in [0.1, 0.15) is 258 Å². The van der Waals surface area contributed by atoms with E-state index >= 15 is 0 Å². The summed E-state index contributed by atoms with van der Waals surface area (Å²) < 4.78 is 0. The summed E-state index contributed by atoms with van der Waals surface area (Å²) in [5, 5.41) is 23.2. The van der Waals surface area contributed by atoms with Gasteiger partial charge in [0.25, 0.3) is 0 Å². The molecule has 0 rings (SSSR count). The molecule has 0 bridgehead atoms. The molecular formula is C68H113NO3. The van der Waals surface area contributed by atoms with Crippen LogP contribution in [-0.4, -0.2) is 34.9 Å². The summed E-state index contributed by atoms with van der Waals surface area (Å²) in [6, 6.07) is -0.664. The van der Waals surface area contributed by atoms with E-state index in [1.807, 2.05) is 6.08 Å². The fraction of sp³-hybridized carbons (Fsp3) is 0.632. The fourth-order valence-corrected chi connectivity index (χ4v) is 8.26. The molecule has 0 aromatic rings. The van der Waals surface area contributed by atoms with Crippen molar-refractivity contribution in [1.82, 2.24) is 5.32 Å². The number of hydrogen-bond acceptors (Lipinski definition) is 3. The molecule has 4 nitrogen and oxygen atoms in total. The second kappa shape index (κ2) is 61.6. The average Bonchev–Trinajstić information content (AvgIpc) is 3.39. The van der Waals surface area contributed by atoms with Crippen LogP contribution in [-0.2, 0) is 4.79 Å². The highest BCUT2D eigenvalue weighted by molar-refractivity contribution is 5.76. The molecule has 0 heterocycles. The van der Waals surface area contributed by atoms with E-state index in [9.17, 15) is 15.0 Å². The summed E-state index contributed by atoms with van der Waals surface area (Å²) in [5.41, 5.74) is 0. The van der Waals surface area contributed by atoms with E-state index in [4.69, 9.17) is 0 Å². The van der Waals surface area contributed by atoms with E-state index in [0.717, 1.165) is 109 Å². The first-order valence-corrected chi connectivity index (χ1v) is 30.0. The Morgan fingerprint density at radius 1 is 0.347 bits per heavy atom. The van der Waals surface area contributed by atoms with Crippen molar-refractivity contribution >= 4 is 5.91 Å². The number of rotatable bonds is 53. The van der Waals surface area contributed by atoms with Crippen LogP contribution in [0, 0.1) is 0 Å². The lowest BCUT2D eigenvalue weighted by Crippen LogP contribution is -2.45. The molecule has 0 radical (unpaired) electrons. The molecule has 0 spiro atoms. The van der Waals surface area contributed by atoms with Crippen molar-refractivity contribution in [1.29, 1.82) is 0 Å². The van der Waals surface area contributed by atoms with Gasteiger partial charge in [0.2, 0.25) is 5.91 Å². The van der Waals surface area contributed by atoms with Crippen LogP contribution >= 0.6 is 0 Å². The Hall–Kier alpha value is -3.73. The van der Waals surface area contributed by atoms with Gasteiger partial charge in [-0.05, 0) is 116 Å². The summed E-state index contributed by atoms with van der Waals surface area (Å²) in [6.07, 6.45) is 97.3. The quantitative estimate of drug-likeness (QED) is 0.0420. The molecule has 0 fully saturated rings. The predicted octanol–water partition coefficient (Wildman–Crippen LogP) is 20.4. The molecule has 4 heteroatoms. The first kappa shape index (κ1) is 68.3. The van der Waals surface area contributed by atoms with E-state index in [-0.39, 0.29) is 12.5 Å². The minimum atomic E-state index is -0.887. The van der Waals surface area contributed by atoms with E-state index in [1.54, 1.807) is 6.08 Å². The van der Waals surface area contributed by atoms with E-state index in [2.05, 4.69) is 153 Å². The van der Waals surface area contributed by atoms with Crippen molar-refractivity contribution in [3.63, 3.8) is 0 Å². The highest BCUT2D eigenvalue weighted by Gasteiger charge is 2.18. The monoisotopic (exact) mass is 992 g/mol. The fourth-order valence-electron chi connectivity index (χ4n) is 8.26. The van der Waals surface area contributed by atoms with Crippen LogP contribution in [0.4, 0.5) is 0 Å². The Morgan fingerprint density at radius 3 is 0.972 bits per heavy atom. The van der Waals surface area contributed by atoms with Gasteiger partial charge in [-0.3, -0.25) is 4.79 Å². The maximum atomic E-state index is 12.5. The lowest BCUT2D eigenvalue weighted by Gasteiger charge is -2.19. The third kappa shape index (κ3) is 57.2. The summed E-state index contributed by atoms with van der Waals surface area (Å²) >= 11 is 0. The van der Waals surface area contributed by atoms with Gasteiger partial charge in [-0.15, -0.1) is 0 Å². The van der Waals surface area contributed by atoms with Crippen LogP contribution in [0.15, 0.2) is 146 Å². The molecule has 2 unspecified atom stereocenters. The number of aliphatic hydroxyl groups excluding tert-OH is 2. The molecule has 0 saturated heterocycles.